The van der Waals surface area contributed by atoms with Gasteiger partial charge in [0.2, 0.25) is 17.7 Å². The minimum Gasteiger partial charge on any atom is -0.394 e. The summed E-state index contributed by atoms with van der Waals surface area (Å²) in [5.41, 5.74) is 1.58. The highest BCUT2D eigenvalue weighted by atomic mass is 35.5. The van der Waals surface area contributed by atoms with E-state index in [-0.39, 0.29) is 35.5 Å². The van der Waals surface area contributed by atoms with Crippen LogP contribution in [0.15, 0.2) is 54.6 Å². The summed E-state index contributed by atoms with van der Waals surface area (Å²) in [6.07, 6.45) is 2.19. The van der Waals surface area contributed by atoms with Gasteiger partial charge in [-0.1, -0.05) is 62.2 Å². The van der Waals surface area contributed by atoms with Gasteiger partial charge in [-0.15, -0.1) is 11.8 Å². The molecular formula is C29H34ClN3O4S. The normalized spacial score (nSPS) is 29.2. The van der Waals surface area contributed by atoms with Gasteiger partial charge in [0.05, 0.1) is 29.2 Å². The van der Waals surface area contributed by atoms with Crippen LogP contribution in [0.2, 0.25) is 5.02 Å². The predicted molar refractivity (Wildman–Crippen MR) is 150 cm³/mol. The fraction of sp³-hybridized carbons (Fsp3) is 0.483. The van der Waals surface area contributed by atoms with E-state index in [0.717, 1.165) is 18.4 Å². The number of nitrogens with one attached hydrogen (secondary N) is 2. The number of carbonyl (C=O) groups is 3. The van der Waals surface area contributed by atoms with Crippen molar-refractivity contribution in [3.8, 4) is 0 Å². The number of aliphatic hydroxyl groups is 1. The summed E-state index contributed by atoms with van der Waals surface area (Å²) in [5.74, 6) is -1.77. The van der Waals surface area contributed by atoms with E-state index >= 15 is 0 Å². The van der Waals surface area contributed by atoms with Gasteiger partial charge >= 0.3 is 0 Å². The number of amides is 3. The Hall–Kier alpha value is -2.55. The number of aliphatic hydroxyl groups excluding tert-OH is 1. The van der Waals surface area contributed by atoms with Crippen LogP contribution in [0, 0.1) is 17.8 Å². The number of halogens is 1. The van der Waals surface area contributed by atoms with Gasteiger partial charge in [-0.3, -0.25) is 14.4 Å². The van der Waals surface area contributed by atoms with Crippen LogP contribution in [0.5, 0.6) is 0 Å². The predicted octanol–water partition coefficient (Wildman–Crippen LogP) is 4.09. The summed E-state index contributed by atoms with van der Waals surface area (Å²) in [5, 5.41) is 17.0. The smallest absolute Gasteiger partial charge is 0.248 e. The molecule has 3 fully saturated rings. The second-order valence-corrected chi connectivity index (χ2v) is 12.7. The molecule has 7 atom stereocenters. The molecule has 1 spiro atoms. The maximum atomic E-state index is 14.2. The van der Waals surface area contributed by atoms with E-state index in [1.54, 1.807) is 40.9 Å². The van der Waals surface area contributed by atoms with Crippen LogP contribution in [-0.2, 0) is 20.9 Å². The summed E-state index contributed by atoms with van der Waals surface area (Å²) < 4.78 is -0.714. The molecule has 38 heavy (non-hydrogen) atoms. The van der Waals surface area contributed by atoms with Gasteiger partial charge in [-0.2, -0.15) is 0 Å². The van der Waals surface area contributed by atoms with E-state index in [4.69, 9.17) is 11.6 Å². The number of nitrogens with zero attached hydrogens (tertiary/aromatic N) is 1. The molecule has 9 heteroatoms. The Balaban J connectivity index is 1.47. The molecular weight excluding hydrogens is 522 g/mol. The molecule has 202 valence electrons. The number of thioether (sulfide) groups is 1. The van der Waals surface area contributed by atoms with Crippen LogP contribution >= 0.6 is 23.4 Å². The zero-order valence-corrected chi connectivity index (χ0v) is 23.2. The maximum absolute atomic E-state index is 14.2. The number of likely N-dealkylation sites (tertiary alicyclic amines) is 1. The van der Waals surface area contributed by atoms with Crippen molar-refractivity contribution in [2.45, 2.75) is 61.7 Å². The summed E-state index contributed by atoms with van der Waals surface area (Å²) in [6, 6.07) is 15.3. The van der Waals surface area contributed by atoms with Crippen molar-refractivity contribution >= 4 is 46.8 Å². The van der Waals surface area contributed by atoms with Crippen molar-refractivity contribution in [2.24, 2.45) is 17.8 Å². The van der Waals surface area contributed by atoms with E-state index in [0.29, 0.717) is 23.7 Å². The van der Waals surface area contributed by atoms with Crippen molar-refractivity contribution in [3.63, 3.8) is 0 Å². The first-order chi connectivity index (χ1) is 18.3. The summed E-state index contributed by atoms with van der Waals surface area (Å²) in [4.78, 5) is 43.4. The van der Waals surface area contributed by atoms with Gasteiger partial charge < -0.3 is 20.6 Å². The Morgan fingerprint density at radius 3 is 2.53 bits per heavy atom. The van der Waals surface area contributed by atoms with Gasteiger partial charge in [-0.25, -0.2) is 0 Å². The Morgan fingerprint density at radius 1 is 1.16 bits per heavy atom. The molecule has 0 aliphatic carbocycles. The third-order valence-electron chi connectivity index (χ3n) is 8.56. The van der Waals surface area contributed by atoms with E-state index in [9.17, 15) is 19.5 Å². The van der Waals surface area contributed by atoms with E-state index < -0.39 is 28.7 Å². The van der Waals surface area contributed by atoms with Crippen LogP contribution in [0.4, 0.5) is 5.69 Å². The molecule has 2 unspecified atom stereocenters. The first-order valence-corrected chi connectivity index (χ1v) is 14.6. The van der Waals surface area contributed by atoms with Crippen LogP contribution in [-0.4, -0.2) is 56.4 Å². The molecule has 5 rings (SSSR count). The molecule has 3 N–H and O–H groups in total. The number of hydrogen-bond acceptors (Lipinski definition) is 5. The second kappa shape index (κ2) is 10.9. The van der Waals surface area contributed by atoms with Gasteiger partial charge in [0.25, 0.3) is 0 Å². The molecule has 2 aromatic carbocycles. The molecule has 0 saturated carbocycles. The first-order valence-electron chi connectivity index (χ1n) is 13.3. The van der Waals surface area contributed by atoms with Gasteiger partial charge in [-0.05, 0) is 48.6 Å². The van der Waals surface area contributed by atoms with Crippen molar-refractivity contribution in [1.29, 1.82) is 0 Å². The van der Waals surface area contributed by atoms with Crippen LogP contribution in [0.25, 0.3) is 0 Å². The van der Waals surface area contributed by atoms with Gasteiger partial charge in [0, 0.05) is 22.5 Å². The Bertz CT molecular complexity index is 1200. The molecule has 0 aromatic heterocycles. The summed E-state index contributed by atoms with van der Waals surface area (Å²) in [7, 11) is 0. The molecule has 3 heterocycles. The first kappa shape index (κ1) is 27.0. The summed E-state index contributed by atoms with van der Waals surface area (Å²) >= 11 is 7.65. The quantitative estimate of drug-likeness (QED) is 0.433. The summed E-state index contributed by atoms with van der Waals surface area (Å²) in [6.45, 7) is 4.14. The molecule has 3 saturated heterocycles. The Labute approximate surface area is 232 Å². The standard InChI is InChI=1S/C29H34ClN3O4S/c1-3-17(2)21(16-34)33-25(27(36)32-20-11-9-19(30)10-12-20)29-14-13-22(38-29)23(24(29)28(33)37)26(35)31-15-18-7-5-4-6-8-18/h4-12,17,21-25,34H,3,13-16H2,1-2H3,(H,31,35)(H,32,36)/t17-,21-,22-,23+,24-,25?,29?/m0/s1. The third-order valence-corrected chi connectivity index (χ3v) is 10.8. The molecule has 3 amide bonds. The van der Waals surface area contributed by atoms with E-state index in [2.05, 4.69) is 10.6 Å². The average Bonchev–Trinajstić information content (AvgIpc) is 3.57. The van der Waals surface area contributed by atoms with E-state index in [1.165, 1.54) is 0 Å². The minimum absolute atomic E-state index is 0.0161. The topological polar surface area (TPSA) is 98.7 Å². The molecule has 3 aliphatic rings. The second-order valence-electron chi connectivity index (χ2n) is 10.6. The highest BCUT2D eigenvalue weighted by Gasteiger charge is 2.74. The number of rotatable bonds is 9. The SMILES string of the molecule is CC[C@H](C)[C@H](CO)N1C(=O)[C@@H]2[C@H](C(=O)NCc3ccccc3)[C@@H]3CCC2(S3)C1C(=O)Nc1ccc(Cl)cc1. The van der Waals surface area contributed by atoms with Crippen LogP contribution < -0.4 is 10.6 Å². The van der Waals surface area contributed by atoms with Gasteiger partial charge in [0.1, 0.15) is 6.04 Å². The minimum atomic E-state index is -0.788. The molecule has 3 aliphatic heterocycles. The Kier molecular flexibility index (Phi) is 7.76. The highest BCUT2D eigenvalue weighted by molar-refractivity contribution is 8.02. The number of carbonyl (C=O) groups excluding carboxylic acids is 3. The number of hydrogen-bond donors (Lipinski definition) is 3. The van der Waals surface area contributed by atoms with Crippen molar-refractivity contribution in [2.75, 3.05) is 11.9 Å². The number of benzene rings is 2. The fourth-order valence-electron chi connectivity index (χ4n) is 6.51. The lowest BCUT2D eigenvalue weighted by Crippen LogP contribution is -2.56. The lowest BCUT2D eigenvalue weighted by Gasteiger charge is -2.39. The molecule has 2 aromatic rings. The van der Waals surface area contributed by atoms with Crippen molar-refractivity contribution in [3.05, 3.63) is 65.2 Å². The molecule has 0 radical (unpaired) electrons. The average molecular weight is 556 g/mol. The lowest BCUT2D eigenvalue weighted by molar-refractivity contribution is -0.143. The Morgan fingerprint density at radius 2 is 1.87 bits per heavy atom. The molecule has 7 nitrogen and oxygen atoms in total. The largest absolute Gasteiger partial charge is 0.394 e. The maximum Gasteiger partial charge on any atom is 0.248 e. The van der Waals surface area contributed by atoms with Gasteiger partial charge in [0.15, 0.2) is 0 Å². The van der Waals surface area contributed by atoms with Crippen LogP contribution in [0.3, 0.4) is 0 Å². The lowest BCUT2D eigenvalue weighted by atomic mass is 9.70. The number of anilines is 1. The molecule has 2 bridgehead atoms. The van der Waals surface area contributed by atoms with Crippen LogP contribution in [0.1, 0.15) is 38.7 Å². The fourth-order valence-corrected chi connectivity index (χ4v) is 8.84. The number of fused-ring (bicyclic) bond motifs is 1. The monoisotopic (exact) mass is 555 g/mol. The van der Waals surface area contributed by atoms with Crippen molar-refractivity contribution in [1.82, 2.24) is 10.2 Å². The van der Waals surface area contributed by atoms with E-state index in [1.807, 2.05) is 44.2 Å². The zero-order valence-electron chi connectivity index (χ0n) is 21.6. The van der Waals surface area contributed by atoms with Crippen molar-refractivity contribution < 1.29 is 19.5 Å². The highest BCUT2D eigenvalue weighted by Crippen LogP contribution is 2.66. The third kappa shape index (κ3) is 4.61. The zero-order chi connectivity index (χ0) is 27.0.